The highest BCUT2D eigenvalue weighted by molar-refractivity contribution is 9.10. The maximum Gasteiger partial charge on any atom is 0.0360 e. The predicted molar refractivity (Wildman–Crippen MR) is 108 cm³/mol. The molecule has 22 heavy (non-hydrogen) atoms. The number of rotatable bonds is 2. The lowest BCUT2D eigenvalue weighted by Gasteiger charge is -1.88. The molecule has 0 atom stereocenters. The zero-order valence-electron chi connectivity index (χ0n) is 11.3. The fraction of sp³-hybridized carbons (Fsp3) is 0. The van der Waals surface area contributed by atoms with Crippen LogP contribution in [-0.2, 0) is 0 Å². The zero-order valence-corrected chi connectivity index (χ0v) is 16.2. The Kier molecular flexibility index (Phi) is 3.95. The van der Waals surface area contributed by atoms with Crippen molar-refractivity contribution < 1.29 is 0 Å². The van der Waals surface area contributed by atoms with Gasteiger partial charge in [0.1, 0.15) is 0 Å². The molecule has 108 valence electrons. The number of halogens is 2. The average Bonchev–Trinajstić information content (AvgIpc) is 3.07. The minimum absolute atomic E-state index is 1.13. The van der Waals surface area contributed by atoms with E-state index in [2.05, 4.69) is 92.5 Å². The third kappa shape index (κ3) is 2.93. The molecule has 0 bridgehead atoms. The smallest absolute Gasteiger partial charge is 0.0360 e. The summed E-state index contributed by atoms with van der Waals surface area (Å²) in [4.78, 5) is 2.57. The molecule has 0 aliphatic carbocycles. The molecule has 4 aromatic rings. The molecule has 4 rings (SSSR count). The van der Waals surface area contributed by atoms with Crippen molar-refractivity contribution in [1.29, 1.82) is 0 Å². The maximum absolute atomic E-state index is 3.53. The first-order valence-electron chi connectivity index (χ1n) is 6.74. The molecule has 0 amide bonds. The van der Waals surface area contributed by atoms with Gasteiger partial charge in [0.15, 0.2) is 0 Å². The Bertz CT molecular complexity index is 926. The molecule has 0 aliphatic heterocycles. The fourth-order valence-electron chi connectivity index (χ4n) is 2.38. The molecule has 0 N–H and O–H groups in total. The summed E-state index contributed by atoms with van der Waals surface area (Å²) >= 11 is 10.7. The number of hydrogen-bond donors (Lipinski definition) is 0. The van der Waals surface area contributed by atoms with Gasteiger partial charge in [0, 0.05) is 28.1 Å². The van der Waals surface area contributed by atoms with Gasteiger partial charge in [-0.15, -0.1) is 22.7 Å². The molecule has 2 aromatic heterocycles. The second-order valence-corrected chi connectivity index (χ2v) is 9.06. The summed E-state index contributed by atoms with van der Waals surface area (Å²) in [5.74, 6) is 0. The summed E-state index contributed by atoms with van der Waals surface area (Å²) in [5, 5.41) is 2.60. The van der Waals surface area contributed by atoms with Crippen LogP contribution in [0.1, 0.15) is 9.75 Å². The molecule has 0 radical (unpaired) electrons. The number of hydrogen-bond acceptors (Lipinski definition) is 2. The van der Waals surface area contributed by atoms with E-state index in [4.69, 9.17) is 0 Å². The fourth-order valence-corrected chi connectivity index (χ4v) is 5.42. The van der Waals surface area contributed by atoms with Crippen molar-refractivity contribution in [3.63, 3.8) is 0 Å². The van der Waals surface area contributed by atoms with Crippen molar-refractivity contribution in [2.75, 3.05) is 0 Å². The van der Waals surface area contributed by atoms with Crippen molar-refractivity contribution in [3.8, 4) is 0 Å². The summed E-state index contributed by atoms with van der Waals surface area (Å²) in [6.45, 7) is 0. The van der Waals surface area contributed by atoms with Gasteiger partial charge in [-0.1, -0.05) is 44.0 Å². The highest BCUT2D eigenvalue weighted by Gasteiger charge is 2.02. The van der Waals surface area contributed by atoms with Crippen LogP contribution in [-0.4, -0.2) is 0 Å². The van der Waals surface area contributed by atoms with Crippen molar-refractivity contribution in [1.82, 2.24) is 0 Å². The largest absolute Gasteiger partial charge is 0.136 e. The monoisotopic (exact) mass is 448 g/mol. The lowest BCUT2D eigenvalue weighted by Crippen LogP contribution is -1.62. The van der Waals surface area contributed by atoms with Crippen LogP contribution in [0.3, 0.4) is 0 Å². The molecular formula is C18H10Br2S2. The van der Waals surface area contributed by atoms with Crippen LogP contribution >= 0.6 is 54.5 Å². The summed E-state index contributed by atoms with van der Waals surface area (Å²) in [6, 6.07) is 17.3. The van der Waals surface area contributed by atoms with Gasteiger partial charge in [0.05, 0.1) is 0 Å². The molecule has 0 unspecified atom stereocenters. The first-order valence-corrected chi connectivity index (χ1v) is 9.95. The normalized spacial score (nSPS) is 11.9. The Balaban J connectivity index is 1.68. The predicted octanol–water partition coefficient (Wildman–Crippen LogP) is 7.81. The standard InChI is InChI=1S/C18H10Br2S2/c19-13-3-1-11-7-15(21-17(11)9-13)5-6-16-8-12-2-4-14(20)10-18(12)22-16/h1-10H/b6-5+. The quantitative estimate of drug-likeness (QED) is 0.292. The SMILES string of the molecule is Brc1ccc2cc(/C=C/c3cc4ccc(Br)cc4s3)sc2c1. The van der Waals surface area contributed by atoms with Gasteiger partial charge in [-0.25, -0.2) is 0 Å². The topological polar surface area (TPSA) is 0 Å². The van der Waals surface area contributed by atoms with E-state index in [-0.39, 0.29) is 0 Å². The van der Waals surface area contributed by atoms with Crippen LogP contribution in [0.2, 0.25) is 0 Å². The molecule has 0 saturated carbocycles. The van der Waals surface area contributed by atoms with Gasteiger partial charge in [-0.3, -0.25) is 0 Å². The molecular weight excluding hydrogens is 440 g/mol. The number of thiophene rings is 2. The minimum atomic E-state index is 1.13. The van der Waals surface area contributed by atoms with Crippen molar-refractivity contribution in [2.24, 2.45) is 0 Å². The van der Waals surface area contributed by atoms with Crippen LogP contribution in [0, 0.1) is 0 Å². The Morgan fingerprint density at radius 1 is 0.636 bits per heavy atom. The Morgan fingerprint density at radius 2 is 1.09 bits per heavy atom. The van der Waals surface area contributed by atoms with Crippen molar-refractivity contribution in [2.45, 2.75) is 0 Å². The number of fused-ring (bicyclic) bond motifs is 2. The molecule has 2 heterocycles. The Morgan fingerprint density at radius 3 is 1.55 bits per heavy atom. The van der Waals surface area contributed by atoms with Crippen LogP contribution in [0.25, 0.3) is 32.3 Å². The average molecular weight is 450 g/mol. The highest BCUT2D eigenvalue weighted by Crippen LogP contribution is 2.32. The first kappa shape index (κ1) is 14.6. The summed E-state index contributed by atoms with van der Waals surface area (Å²) in [7, 11) is 0. The second kappa shape index (κ2) is 5.93. The minimum Gasteiger partial charge on any atom is -0.136 e. The van der Waals surface area contributed by atoms with Crippen molar-refractivity contribution in [3.05, 3.63) is 67.2 Å². The maximum atomic E-state index is 3.53. The van der Waals surface area contributed by atoms with E-state index in [1.54, 1.807) is 0 Å². The van der Waals surface area contributed by atoms with Gasteiger partial charge < -0.3 is 0 Å². The van der Waals surface area contributed by atoms with Crippen LogP contribution in [0.5, 0.6) is 0 Å². The molecule has 2 aromatic carbocycles. The number of benzene rings is 2. The van der Waals surface area contributed by atoms with E-state index in [9.17, 15) is 0 Å². The second-order valence-electron chi connectivity index (χ2n) is 5.00. The molecule has 0 aliphatic rings. The van der Waals surface area contributed by atoms with Gasteiger partial charge in [-0.05, 0) is 59.3 Å². The van der Waals surface area contributed by atoms with Gasteiger partial charge in [0.25, 0.3) is 0 Å². The van der Waals surface area contributed by atoms with Gasteiger partial charge in [0.2, 0.25) is 0 Å². The van der Waals surface area contributed by atoms with E-state index in [0.717, 1.165) is 8.95 Å². The Labute approximate surface area is 153 Å². The van der Waals surface area contributed by atoms with E-state index < -0.39 is 0 Å². The lowest BCUT2D eigenvalue weighted by atomic mass is 10.2. The van der Waals surface area contributed by atoms with Crippen LogP contribution < -0.4 is 0 Å². The summed E-state index contributed by atoms with van der Waals surface area (Å²) in [6.07, 6.45) is 4.41. The molecule has 4 heteroatoms. The lowest BCUT2D eigenvalue weighted by molar-refractivity contribution is 1.77. The summed E-state index contributed by atoms with van der Waals surface area (Å²) in [5.41, 5.74) is 0. The molecule has 0 spiro atoms. The van der Waals surface area contributed by atoms with E-state index in [1.807, 2.05) is 22.7 Å². The summed E-state index contributed by atoms with van der Waals surface area (Å²) < 4.78 is 4.89. The molecule has 0 nitrogen and oxygen atoms in total. The van der Waals surface area contributed by atoms with Gasteiger partial charge in [-0.2, -0.15) is 0 Å². The van der Waals surface area contributed by atoms with E-state index in [1.165, 1.54) is 29.9 Å². The third-order valence-electron chi connectivity index (χ3n) is 3.41. The van der Waals surface area contributed by atoms with Gasteiger partial charge >= 0.3 is 0 Å². The zero-order chi connectivity index (χ0) is 15.1. The molecule has 0 fully saturated rings. The van der Waals surface area contributed by atoms with Crippen LogP contribution in [0.15, 0.2) is 57.5 Å². The molecule has 0 saturated heterocycles. The van der Waals surface area contributed by atoms with E-state index >= 15 is 0 Å². The van der Waals surface area contributed by atoms with E-state index in [0.29, 0.717) is 0 Å². The van der Waals surface area contributed by atoms with Crippen LogP contribution in [0.4, 0.5) is 0 Å². The van der Waals surface area contributed by atoms with Crippen molar-refractivity contribution >= 4 is 86.9 Å². The first-order chi connectivity index (χ1) is 10.7. The highest BCUT2D eigenvalue weighted by atomic mass is 79.9. The third-order valence-corrected chi connectivity index (χ3v) is 6.53. The Hall–Kier alpha value is -0.940.